The Morgan fingerprint density at radius 1 is 1.00 bits per heavy atom. The van der Waals surface area contributed by atoms with Crippen LogP contribution in [-0.4, -0.2) is 14.8 Å². The van der Waals surface area contributed by atoms with E-state index in [9.17, 15) is 0 Å². The third-order valence-corrected chi connectivity index (χ3v) is 3.44. The zero-order valence-corrected chi connectivity index (χ0v) is 12.0. The van der Waals surface area contributed by atoms with Crippen LogP contribution in [0.25, 0.3) is 22.4 Å². The van der Waals surface area contributed by atoms with Gasteiger partial charge in [0, 0.05) is 30.1 Å². The lowest BCUT2D eigenvalue weighted by Crippen LogP contribution is -1.95. The van der Waals surface area contributed by atoms with E-state index in [0.29, 0.717) is 0 Å². The van der Waals surface area contributed by atoms with Gasteiger partial charge in [-0.15, -0.1) is 0 Å². The molecule has 2 aromatic heterocycles. The second-order valence-corrected chi connectivity index (χ2v) is 5.09. The minimum absolute atomic E-state index is 1.02. The highest BCUT2D eigenvalue weighted by Gasteiger charge is 2.13. The van der Waals surface area contributed by atoms with Gasteiger partial charge in [0.05, 0.1) is 11.9 Å². The highest BCUT2D eigenvalue weighted by Crippen LogP contribution is 2.31. The standard InChI is InChI=1S/C17H17N3/c1-12-5-4-6-15(9-12)17-16(11-19-20(17)3)14-7-8-18-13(2)10-14/h4-11H,1-3H3. The maximum Gasteiger partial charge on any atom is 0.0757 e. The summed E-state index contributed by atoms with van der Waals surface area (Å²) >= 11 is 0. The molecule has 20 heavy (non-hydrogen) atoms. The normalized spacial score (nSPS) is 10.8. The van der Waals surface area contributed by atoms with Gasteiger partial charge >= 0.3 is 0 Å². The lowest BCUT2D eigenvalue weighted by molar-refractivity contribution is 0.776. The molecule has 100 valence electrons. The Hall–Kier alpha value is -2.42. The first kappa shape index (κ1) is 12.6. The average molecular weight is 263 g/mol. The molecule has 0 aliphatic rings. The van der Waals surface area contributed by atoms with Crippen molar-refractivity contribution < 1.29 is 0 Å². The summed E-state index contributed by atoms with van der Waals surface area (Å²) in [6, 6.07) is 12.6. The molecular weight excluding hydrogens is 246 g/mol. The van der Waals surface area contributed by atoms with Gasteiger partial charge < -0.3 is 0 Å². The number of hydrogen-bond acceptors (Lipinski definition) is 2. The average Bonchev–Trinajstić information content (AvgIpc) is 2.80. The van der Waals surface area contributed by atoms with E-state index in [1.807, 2.05) is 37.1 Å². The predicted octanol–water partition coefficient (Wildman–Crippen LogP) is 3.77. The lowest BCUT2D eigenvalue weighted by Gasteiger charge is -2.08. The Kier molecular flexibility index (Phi) is 3.11. The molecule has 0 saturated carbocycles. The molecule has 3 rings (SSSR count). The Labute approximate surface area is 118 Å². The molecule has 0 bridgehead atoms. The fraction of sp³-hybridized carbons (Fsp3) is 0.176. The number of aromatic nitrogens is 3. The molecule has 0 aliphatic heterocycles. The van der Waals surface area contributed by atoms with Crippen molar-refractivity contribution >= 4 is 0 Å². The molecule has 0 atom stereocenters. The first-order valence-corrected chi connectivity index (χ1v) is 6.67. The van der Waals surface area contributed by atoms with E-state index in [0.717, 1.165) is 22.5 Å². The molecule has 0 amide bonds. The van der Waals surface area contributed by atoms with Gasteiger partial charge in [0.25, 0.3) is 0 Å². The first-order chi connectivity index (χ1) is 9.65. The first-order valence-electron chi connectivity index (χ1n) is 6.67. The highest BCUT2D eigenvalue weighted by molar-refractivity contribution is 5.80. The van der Waals surface area contributed by atoms with Gasteiger partial charge in [0.1, 0.15) is 0 Å². The maximum absolute atomic E-state index is 4.42. The summed E-state index contributed by atoms with van der Waals surface area (Å²) in [6.07, 6.45) is 3.77. The number of pyridine rings is 1. The van der Waals surface area contributed by atoms with Crippen LogP contribution < -0.4 is 0 Å². The van der Waals surface area contributed by atoms with Crippen molar-refractivity contribution in [3.8, 4) is 22.4 Å². The molecule has 2 heterocycles. The minimum atomic E-state index is 1.02. The highest BCUT2D eigenvalue weighted by atomic mass is 15.3. The van der Waals surface area contributed by atoms with E-state index >= 15 is 0 Å². The summed E-state index contributed by atoms with van der Waals surface area (Å²) < 4.78 is 1.93. The van der Waals surface area contributed by atoms with E-state index in [1.54, 1.807) is 0 Å². The second kappa shape index (κ2) is 4.93. The van der Waals surface area contributed by atoms with Crippen LogP contribution in [0.5, 0.6) is 0 Å². The molecule has 3 nitrogen and oxygen atoms in total. The molecule has 0 N–H and O–H groups in total. The molecule has 0 radical (unpaired) electrons. The van der Waals surface area contributed by atoms with Crippen LogP contribution in [0.4, 0.5) is 0 Å². The van der Waals surface area contributed by atoms with Gasteiger partial charge in [-0.1, -0.05) is 23.8 Å². The summed E-state index contributed by atoms with van der Waals surface area (Å²) in [7, 11) is 1.98. The Morgan fingerprint density at radius 2 is 1.85 bits per heavy atom. The summed E-state index contributed by atoms with van der Waals surface area (Å²) in [5.74, 6) is 0. The number of aryl methyl sites for hydroxylation is 3. The van der Waals surface area contributed by atoms with Gasteiger partial charge in [-0.2, -0.15) is 5.10 Å². The zero-order valence-electron chi connectivity index (χ0n) is 12.0. The molecule has 3 heteroatoms. The summed E-state index contributed by atoms with van der Waals surface area (Å²) in [4.78, 5) is 4.26. The summed E-state index contributed by atoms with van der Waals surface area (Å²) in [5.41, 5.74) is 6.89. The van der Waals surface area contributed by atoms with Crippen LogP contribution in [0, 0.1) is 13.8 Å². The summed E-state index contributed by atoms with van der Waals surface area (Å²) in [6.45, 7) is 4.11. The smallest absolute Gasteiger partial charge is 0.0757 e. The zero-order chi connectivity index (χ0) is 14.1. The minimum Gasteiger partial charge on any atom is -0.267 e. The lowest BCUT2D eigenvalue weighted by atomic mass is 10.0. The Morgan fingerprint density at radius 3 is 2.60 bits per heavy atom. The molecule has 0 spiro atoms. The fourth-order valence-corrected chi connectivity index (χ4v) is 2.50. The molecule has 3 aromatic rings. The Bertz CT molecular complexity index is 756. The van der Waals surface area contributed by atoms with Crippen molar-refractivity contribution in [1.29, 1.82) is 0 Å². The van der Waals surface area contributed by atoms with Crippen molar-refractivity contribution in [2.75, 3.05) is 0 Å². The van der Waals surface area contributed by atoms with Crippen LogP contribution in [0.2, 0.25) is 0 Å². The maximum atomic E-state index is 4.42. The van der Waals surface area contributed by atoms with Gasteiger partial charge in [-0.25, -0.2) is 0 Å². The van der Waals surface area contributed by atoms with Crippen LogP contribution in [0.1, 0.15) is 11.3 Å². The van der Waals surface area contributed by atoms with Gasteiger partial charge in [0.15, 0.2) is 0 Å². The van der Waals surface area contributed by atoms with E-state index < -0.39 is 0 Å². The number of nitrogens with zero attached hydrogens (tertiary/aromatic N) is 3. The van der Waals surface area contributed by atoms with E-state index in [4.69, 9.17) is 0 Å². The van der Waals surface area contributed by atoms with Crippen LogP contribution >= 0.6 is 0 Å². The van der Waals surface area contributed by atoms with Crippen molar-refractivity contribution in [2.24, 2.45) is 7.05 Å². The van der Waals surface area contributed by atoms with Crippen molar-refractivity contribution in [1.82, 2.24) is 14.8 Å². The second-order valence-electron chi connectivity index (χ2n) is 5.09. The van der Waals surface area contributed by atoms with Crippen molar-refractivity contribution in [2.45, 2.75) is 13.8 Å². The van der Waals surface area contributed by atoms with Gasteiger partial charge in [-0.05, 0) is 37.6 Å². The van der Waals surface area contributed by atoms with Crippen LogP contribution in [0.15, 0.2) is 48.8 Å². The largest absolute Gasteiger partial charge is 0.267 e. The van der Waals surface area contributed by atoms with Crippen LogP contribution in [0.3, 0.4) is 0 Å². The Balaban J connectivity index is 2.20. The van der Waals surface area contributed by atoms with Crippen molar-refractivity contribution in [3.63, 3.8) is 0 Å². The van der Waals surface area contributed by atoms with Crippen molar-refractivity contribution in [3.05, 3.63) is 60.0 Å². The monoisotopic (exact) mass is 263 g/mol. The molecule has 0 fully saturated rings. The number of rotatable bonds is 2. The van der Waals surface area contributed by atoms with Crippen LogP contribution in [-0.2, 0) is 7.05 Å². The third-order valence-electron chi connectivity index (χ3n) is 3.44. The predicted molar refractivity (Wildman–Crippen MR) is 81.3 cm³/mol. The molecular formula is C17H17N3. The summed E-state index contributed by atoms with van der Waals surface area (Å²) in [5, 5.41) is 4.42. The van der Waals surface area contributed by atoms with Gasteiger partial charge in [0.2, 0.25) is 0 Å². The molecule has 0 saturated heterocycles. The molecule has 0 unspecified atom stereocenters. The SMILES string of the molecule is Cc1cccc(-c2c(-c3ccnc(C)c3)cnn2C)c1. The fourth-order valence-electron chi connectivity index (χ4n) is 2.50. The van der Waals surface area contributed by atoms with Gasteiger partial charge in [-0.3, -0.25) is 9.67 Å². The van der Waals surface area contributed by atoms with E-state index in [2.05, 4.69) is 47.3 Å². The number of hydrogen-bond donors (Lipinski definition) is 0. The number of benzene rings is 1. The topological polar surface area (TPSA) is 30.7 Å². The molecule has 1 aromatic carbocycles. The third kappa shape index (κ3) is 2.23. The van der Waals surface area contributed by atoms with E-state index in [1.165, 1.54) is 11.1 Å². The molecule has 0 aliphatic carbocycles. The quantitative estimate of drug-likeness (QED) is 0.704. The van der Waals surface area contributed by atoms with E-state index in [-0.39, 0.29) is 0 Å².